The maximum atomic E-state index is 12.5. The molecule has 3 aromatic rings. The molecule has 0 atom stereocenters. The van der Waals surface area contributed by atoms with Crippen LogP contribution in [0.2, 0.25) is 0 Å². The molecule has 1 aliphatic rings. The molecule has 1 aliphatic heterocycles. The number of thiazole rings is 1. The Balaban J connectivity index is 1.50. The highest BCUT2D eigenvalue weighted by Crippen LogP contribution is 2.29. The Labute approximate surface area is 165 Å². The quantitative estimate of drug-likeness (QED) is 0.524. The summed E-state index contributed by atoms with van der Waals surface area (Å²) in [6.07, 6.45) is 3.15. The van der Waals surface area contributed by atoms with E-state index in [-0.39, 0.29) is 18.3 Å². The molecule has 0 fully saturated rings. The van der Waals surface area contributed by atoms with Gasteiger partial charge in [0.1, 0.15) is 16.5 Å². The summed E-state index contributed by atoms with van der Waals surface area (Å²) in [5.74, 6) is 0.907. The van der Waals surface area contributed by atoms with E-state index < -0.39 is 0 Å². The molecule has 0 spiro atoms. The molecule has 1 amide bonds. The van der Waals surface area contributed by atoms with E-state index in [1.54, 1.807) is 31.4 Å². The molecule has 7 heteroatoms. The van der Waals surface area contributed by atoms with Crippen LogP contribution >= 0.6 is 11.3 Å². The van der Waals surface area contributed by atoms with Gasteiger partial charge in [-0.3, -0.25) is 9.59 Å². The number of ketones is 1. The Morgan fingerprint density at radius 2 is 2.18 bits per heavy atom. The van der Waals surface area contributed by atoms with Gasteiger partial charge in [-0.25, -0.2) is 4.98 Å². The highest BCUT2D eigenvalue weighted by Gasteiger charge is 2.17. The smallest absolute Gasteiger partial charge is 0.262 e. The molecule has 6 nitrogen and oxygen atoms in total. The van der Waals surface area contributed by atoms with Gasteiger partial charge in [0.2, 0.25) is 0 Å². The second-order valence-corrected chi connectivity index (χ2v) is 6.91. The molecule has 0 radical (unpaired) electrons. The van der Waals surface area contributed by atoms with Crippen molar-refractivity contribution in [3.05, 3.63) is 65.2 Å². The first-order valence-corrected chi connectivity index (χ1v) is 9.39. The van der Waals surface area contributed by atoms with Gasteiger partial charge in [-0.05, 0) is 42.5 Å². The van der Waals surface area contributed by atoms with Crippen molar-refractivity contribution in [3.63, 3.8) is 0 Å². The molecule has 2 aromatic carbocycles. The predicted molar refractivity (Wildman–Crippen MR) is 108 cm³/mol. The lowest BCUT2D eigenvalue weighted by Crippen LogP contribution is -2.25. The van der Waals surface area contributed by atoms with Crippen LogP contribution in [0.15, 0.2) is 53.9 Å². The third-order valence-electron chi connectivity index (χ3n) is 4.14. The zero-order chi connectivity index (χ0) is 19.5. The summed E-state index contributed by atoms with van der Waals surface area (Å²) in [5.41, 5.74) is 2.63. The second-order valence-electron chi connectivity index (χ2n) is 6.05. The van der Waals surface area contributed by atoms with E-state index in [0.29, 0.717) is 22.7 Å². The van der Waals surface area contributed by atoms with Gasteiger partial charge in [0, 0.05) is 16.5 Å². The Kier molecular flexibility index (Phi) is 4.90. The van der Waals surface area contributed by atoms with Crippen molar-refractivity contribution >= 4 is 34.8 Å². The maximum Gasteiger partial charge on any atom is 0.262 e. The Morgan fingerprint density at radius 1 is 1.29 bits per heavy atom. The van der Waals surface area contributed by atoms with Gasteiger partial charge >= 0.3 is 0 Å². The average molecular weight is 392 g/mol. The fourth-order valence-electron chi connectivity index (χ4n) is 2.75. The molecule has 1 aromatic heterocycles. The lowest BCUT2D eigenvalue weighted by molar-refractivity contribution is -0.118. The molecule has 0 unspecified atom stereocenters. The fraction of sp³-hybridized carbons (Fsp3) is 0.0952. The monoisotopic (exact) mass is 392 g/mol. The third-order valence-corrected chi connectivity index (χ3v) is 5.05. The van der Waals surface area contributed by atoms with Crippen LogP contribution in [0, 0.1) is 0 Å². The molecule has 1 N–H and O–H groups in total. The molecule has 0 bridgehead atoms. The molecule has 0 aliphatic carbocycles. The first-order chi connectivity index (χ1) is 13.6. The van der Waals surface area contributed by atoms with Crippen molar-refractivity contribution in [2.45, 2.75) is 0 Å². The Morgan fingerprint density at radius 3 is 3.04 bits per heavy atom. The van der Waals surface area contributed by atoms with Crippen molar-refractivity contribution in [1.29, 1.82) is 0 Å². The second kappa shape index (κ2) is 7.66. The molecular formula is C21H16N2O4S. The van der Waals surface area contributed by atoms with Crippen molar-refractivity contribution in [1.82, 2.24) is 4.98 Å². The zero-order valence-electron chi connectivity index (χ0n) is 15.0. The van der Waals surface area contributed by atoms with E-state index in [1.807, 2.05) is 29.6 Å². The number of nitrogens with one attached hydrogen (secondary N) is 1. The van der Waals surface area contributed by atoms with Crippen LogP contribution in [0.1, 0.15) is 16.1 Å². The summed E-state index contributed by atoms with van der Waals surface area (Å²) in [5, 5.41) is 5.43. The van der Waals surface area contributed by atoms with Gasteiger partial charge in [-0.2, -0.15) is 0 Å². The highest BCUT2D eigenvalue weighted by atomic mass is 32.1. The summed E-state index contributed by atoms with van der Waals surface area (Å²) in [6.45, 7) is -0.0142. The van der Waals surface area contributed by atoms with Crippen molar-refractivity contribution in [3.8, 4) is 22.1 Å². The van der Waals surface area contributed by atoms with Crippen LogP contribution in [-0.2, 0) is 4.79 Å². The van der Waals surface area contributed by atoms with Gasteiger partial charge in [-0.1, -0.05) is 12.1 Å². The van der Waals surface area contributed by atoms with Gasteiger partial charge in [0.05, 0.1) is 18.5 Å². The summed E-state index contributed by atoms with van der Waals surface area (Å²) >= 11 is 1.49. The average Bonchev–Trinajstić information content (AvgIpc) is 3.20. The molecule has 4 rings (SSSR count). The number of allylic oxidation sites excluding steroid dienone is 1. The summed E-state index contributed by atoms with van der Waals surface area (Å²) < 4.78 is 10.5. The van der Waals surface area contributed by atoms with Crippen LogP contribution < -0.4 is 14.8 Å². The number of amides is 1. The minimum atomic E-state index is -0.236. The Hall–Kier alpha value is -3.45. The van der Waals surface area contributed by atoms with Gasteiger partial charge in [0.25, 0.3) is 5.91 Å². The van der Waals surface area contributed by atoms with Crippen LogP contribution in [0.5, 0.6) is 11.5 Å². The SMILES string of the molecule is COc1cccc(-c2nc(/C=C/C(=O)c3ccc4c(c3)NC(=O)CO4)cs2)c1. The Bertz CT molecular complexity index is 1090. The lowest BCUT2D eigenvalue weighted by atomic mass is 10.1. The lowest BCUT2D eigenvalue weighted by Gasteiger charge is -2.17. The van der Waals surface area contributed by atoms with Crippen molar-refractivity contribution in [2.75, 3.05) is 19.0 Å². The largest absolute Gasteiger partial charge is 0.497 e. The number of carbonyl (C=O) groups is 2. The predicted octanol–water partition coefficient (Wildman–Crippen LogP) is 4.05. The maximum absolute atomic E-state index is 12.5. The number of anilines is 1. The molecule has 0 saturated heterocycles. The minimum Gasteiger partial charge on any atom is -0.497 e. The first-order valence-electron chi connectivity index (χ1n) is 8.51. The van der Waals surface area contributed by atoms with Gasteiger partial charge < -0.3 is 14.8 Å². The van der Waals surface area contributed by atoms with E-state index in [4.69, 9.17) is 9.47 Å². The standard InChI is InChI=1S/C21H16N2O4S/c1-26-16-4-2-3-14(9-16)21-22-15(12-28-21)6-7-18(24)13-5-8-19-17(10-13)23-20(25)11-27-19/h2-10,12H,11H2,1H3,(H,23,25)/b7-6+. The molecule has 140 valence electrons. The number of rotatable bonds is 5. The number of hydrogen-bond acceptors (Lipinski definition) is 6. The number of aromatic nitrogens is 1. The normalized spacial score (nSPS) is 13.0. The number of nitrogens with zero attached hydrogens (tertiary/aromatic N) is 1. The topological polar surface area (TPSA) is 77.5 Å². The van der Waals surface area contributed by atoms with Crippen molar-refractivity contribution in [2.24, 2.45) is 0 Å². The summed E-state index contributed by atoms with van der Waals surface area (Å²) in [7, 11) is 1.62. The number of methoxy groups -OCH3 is 1. The number of hydrogen-bond donors (Lipinski definition) is 1. The number of benzene rings is 2. The van der Waals surface area contributed by atoms with Crippen LogP contribution in [0.3, 0.4) is 0 Å². The number of fused-ring (bicyclic) bond motifs is 1. The molecule has 28 heavy (non-hydrogen) atoms. The molecule has 0 saturated carbocycles. The van der Waals surface area contributed by atoms with Gasteiger partial charge in [-0.15, -0.1) is 11.3 Å². The van der Waals surface area contributed by atoms with Crippen LogP contribution in [0.4, 0.5) is 5.69 Å². The third kappa shape index (κ3) is 3.79. The molecule has 2 heterocycles. The van der Waals surface area contributed by atoms with Crippen LogP contribution in [0.25, 0.3) is 16.6 Å². The highest BCUT2D eigenvalue weighted by molar-refractivity contribution is 7.13. The summed E-state index contributed by atoms with van der Waals surface area (Å²) in [4.78, 5) is 28.4. The number of ether oxygens (including phenoxy) is 2. The van der Waals surface area contributed by atoms with Gasteiger partial charge in [0.15, 0.2) is 12.4 Å². The zero-order valence-corrected chi connectivity index (χ0v) is 15.8. The van der Waals surface area contributed by atoms with E-state index in [9.17, 15) is 9.59 Å². The van der Waals surface area contributed by atoms with Crippen molar-refractivity contribution < 1.29 is 19.1 Å². The van der Waals surface area contributed by atoms with E-state index >= 15 is 0 Å². The minimum absolute atomic E-state index is 0.0142. The van der Waals surface area contributed by atoms with E-state index in [0.717, 1.165) is 16.3 Å². The fourth-order valence-corrected chi connectivity index (χ4v) is 3.53. The van der Waals surface area contributed by atoms with E-state index in [1.165, 1.54) is 17.4 Å². The van der Waals surface area contributed by atoms with Crippen LogP contribution in [-0.4, -0.2) is 30.4 Å². The number of carbonyl (C=O) groups excluding carboxylic acids is 2. The summed E-state index contributed by atoms with van der Waals surface area (Å²) in [6, 6.07) is 12.6. The molecular weight excluding hydrogens is 376 g/mol. The van der Waals surface area contributed by atoms with E-state index in [2.05, 4.69) is 10.3 Å². The first kappa shape index (κ1) is 17.9.